The molecule has 170 valence electrons. The van der Waals surface area contributed by atoms with Crippen molar-refractivity contribution in [3.63, 3.8) is 0 Å². The molecule has 3 aromatic heterocycles. The van der Waals surface area contributed by atoms with Crippen LogP contribution in [0.25, 0.3) is 49.7 Å². The summed E-state index contributed by atoms with van der Waals surface area (Å²) in [6, 6.07) is 20.4. The van der Waals surface area contributed by atoms with E-state index in [9.17, 15) is 9.59 Å². The number of nitrogens with one attached hydrogen (secondary N) is 1. The fraction of sp³-hybridized carbons (Fsp3) is 0.0370. The molecule has 6 aromatic rings. The zero-order valence-electron chi connectivity index (χ0n) is 18.6. The number of hydrogen-bond acceptors (Lipinski definition) is 4. The highest BCUT2D eigenvalue weighted by Crippen LogP contribution is 2.37. The molecule has 0 atom stereocenters. The summed E-state index contributed by atoms with van der Waals surface area (Å²) in [5.41, 5.74) is 3.08. The van der Waals surface area contributed by atoms with Crippen LogP contribution < -0.4 is 11.2 Å². The fourth-order valence-electron chi connectivity index (χ4n) is 4.46. The summed E-state index contributed by atoms with van der Waals surface area (Å²) < 4.78 is 2.86. The highest BCUT2D eigenvalue weighted by molar-refractivity contribution is 6.34. The van der Waals surface area contributed by atoms with E-state index in [0.29, 0.717) is 21.6 Å². The molecule has 3 aromatic carbocycles. The molecule has 6 rings (SSSR count). The van der Waals surface area contributed by atoms with Crippen LogP contribution in [0.5, 0.6) is 0 Å². The molecule has 8 heteroatoms. The number of pyridine rings is 1. The van der Waals surface area contributed by atoms with Crippen LogP contribution in [0.15, 0.2) is 94.9 Å². The molecule has 0 radical (unpaired) electrons. The lowest BCUT2D eigenvalue weighted by Crippen LogP contribution is -2.33. The predicted molar refractivity (Wildman–Crippen MR) is 138 cm³/mol. The summed E-state index contributed by atoms with van der Waals surface area (Å²) in [6.45, 7) is 0. The summed E-state index contributed by atoms with van der Waals surface area (Å²) in [6.07, 6.45) is 5.10. The van der Waals surface area contributed by atoms with Crippen molar-refractivity contribution in [2.24, 2.45) is 7.05 Å². The van der Waals surface area contributed by atoms with Crippen LogP contribution in [-0.2, 0) is 7.05 Å². The number of H-pyrrole nitrogens is 1. The Balaban J connectivity index is 1.57. The largest absolute Gasteiger partial charge is 0.333 e. The third-order valence-electron chi connectivity index (χ3n) is 6.08. The van der Waals surface area contributed by atoms with Crippen molar-refractivity contribution >= 4 is 33.3 Å². The van der Waals surface area contributed by atoms with Crippen LogP contribution in [0.3, 0.4) is 0 Å². The van der Waals surface area contributed by atoms with Gasteiger partial charge in [-0.1, -0.05) is 54.1 Å². The number of hydrogen-bond donors (Lipinski definition) is 1. The Labute approximate surface area is 203 Å². The number of halogens is 1. The minimum atomic E-state index is -0.540. The molecule has 0 aliphatic rings. The Kier molecular flexibility index (Phi) is 4.86. The Bertz CT molecular complexity index is 1880. The molecule has 0 fully saturated rings. The smallest absolute Gasteiger partial charge is 0.306 e. The van der Waals surface area contributed by atoms with E-state index in [1.54, 1.807) is 23.0 Å². The summed E-state index contributed by atoms with van der Waals surface area (Å²) in [7, 11) is 1.85. The van der Waals surface area contributed by atoms with E-state index < -0.39 is 11.2 Å². The molecule has 0 saturated carbocycles. The van der Waals surface area contributed by atoms with Gasteiger partial charge in [0.25, 0.3) is 5.56 Å². The monoisotopic (exact) mass is 479 g/mol. The molecule has 35 heavy (non-hydrogen) atoms. The van der Waals surface area contributed by atoms with E-state index in [1.165, 1.54) is 6.20 Å². The Morgan fingerprint density at radius 3 is 2.60 bits per heavy atom. The molecule has 0 bridgehead atoms. The maximum atomic E-state index is 13.5. The van der Waals surface area contributed by atoms with Gasteiger partial charge in [0.15, 0.2) is 0 Å². The summed E-state index contributed by atoms with van der Waals surface area (Å²) >= 11 is 6.62. The van der Waals surface area contributed by atoms with Crippen molar-refractivity contribution in [2.45, 2.75) is 0 Å². The lowest BCUT2D eigenvalue weighted by atomic mass is 9.96. The first-order chi connectivity index (χ1) is 17.0. The summed E-state index contributed by atoms with van der Waals surface area (Å²) in [4.78, 5) is 33.7. The van der Waals surface area contributed by atoms with Crippen molar-refractivity contribution in [3.05, 3.63) is 111 Å². The lowest BCUT2D eigenvalue weighted by Gasteiger charge is -2.12. The first-order valence-electron chi connectivity index (χ1n) is 10.9. The standard InChI is InChI=1S/C27H18ClN5O2/c1-32-12-11-22(31-32)19-7-4-8-21(28)25(19)16-9-10-20-23(13-16)30-27(35)33(26(20)34)24-15-29-14-17-5-2-3-6-18(17)24/h2-15H,1H3,(H,30,35). The molecular weight excluding hydrogens is 462 g/mol. The van der Waals surface area contributed by atoms with Crippen molar-refractivity contribution < 1.29 is 0 Å². The summed E-state index contributed by atoms with van der Waals surface area (Å²) in [5, 5.41) is 7.04. The second-order valence-corrected chi connectivity index (χ2v) is 8.66. The predicted octanol–water partition coefficient (Wildman–Crippen LogP) is 4.95. The Morgan fingerprint density at radius 2 is 1.77 bits per heavy atom. The second kappa shape index (κ2) is 8.07. The molecule has 7 nitrogen and oxygen atoms in total. The van der Waals surface area contributed by atoms with E-state index in [2.05, 4.69) is 15.1 Å². The number of aryl methyl sites for hydroxylation is 1. The number of nitrogens with zero attached hydrogens (tertiary/aromatic N) is 4. The van der Waals surface area contributed by atoms with Crippen LogP contribution >= 0.6 is 11.6 Å². The Hall–Kier alpha value is -4.49. The highest BCUT2D eigenvalue weighted by atomic mass is 35.5. The topological polar surface area (TPSA) is 85.6 Å². The van der Waals surface area contributed by atoms with Gasteiger partial charge < -0.3 is 4.98 Å². The molecule has 0 spiro atoms. The quantitative estimate of drug-likeness (QED) is 0.389. The number of aromatic nitrogens is 5. The van der Waals surface area contributed by atoms with Gasteiger partial charge in [-0.3, -0.25) is 14.5 Å². The maximum absolute atomic E-state index is 13.5. The van der Waals surface area contributed by atoms with E-state index >= 15 is 0 Å². The number of benzene rings is 3. The van der Waals surface area contributed by atoms with Gasteiger partial charge in [-0.15, -0.1) is 0 Å². The minimum Gasteiger partial charge on any atom is -0.306 e. The molecule has 0 saturated heterocycles. The van der Waals surface area contributed by atoms with E-state index in [0.717, 1.165) is 37.7 Å². The average molecular weight is 480 g/mol. The van der Waals surface area contributed by atoms with Crippen LogP contribution in [-0.4, -0.2) is 24.3 Å². The Morgan fingerprint density at radius 1 is 0.914 bits per heavy atom. The van der Waals surface area contributed by atoms with Gasteiger partial charge in [-0.25, -0.2) is 9.36 Å². The number of aromatic amines is 1. The molecule has 0 aliphatic carbocycles. The molecule has 3 heterocycles. The molecule has 0 amide bonds. The molecule has 0 unspecified atom stereocenters. The molecule has 0 aliphatic heterocycles. The minimum absolute atomic E-state index is 0.382. The first kappa shape index (κ1) is 21.1. The molecular formula is C27H18ClN5O2. The van der Waals surface area contributed by atoms with Crippen LogP contribution in [0, 0.1) is 0 Å². The van der Waals surface area contributed by atoms with Gasteiger partial charge in [0.2, 0.25) is 0 Å². The van der Waals surface area contributed by atoms with Crippen molar-refractivity contribution in [1.29, 1.82) is 0 Å². The van der Waals surface area contributed by atoms with Crippen LogP contribution in [0.4, 0.5) is 0 Å². The summed E-state index contributed by atoms with van der Waals surface area (Å²) in [5.74, 6) is 0. The molecule has 1 N–H and O–H groups in total. The van der Waals surface area contributed by atoms with Crippen molar-refractivity contribution in [3.8, 4) is 28.1 Å². The normalized spacial score (nSPS) is 11.4. The van der Waals surface area contributed by atoms with E-state index in [4.69, 9.17) is 11.6 Å². The third-order valence-corrected chi connectivity index (χ3v) is 6.39. The number of fused-ring (bicyclic) bond motifs is 2. The highest BCUT2D eigenvalue weighted by Gasteiger charge is 2.17. The van der Waals surface area contributed by atoms with Crippen molar-refractivity contribution in [2.75, 3.05) is 0 Å². The lowest BCUT2D eigenvalue weighted by molar-refractivity contribution is 0.771. The van der Waals surface area contributed by atoms with Crippen LogP contribution in [0.2, 0.25) is 5.02 Å². The number of rotatable bonds is 3. The second-order valence-electron chi connectivity index (χ2n) is 8.25. The van der Waals surface area contributed by atoms with Gasteiger partial charge in [-0.2, -0.15) is 5.10 Å². The first-order valence-corrected chi connectivity index (χ1v) is 11.3. The zero-order chi connectivity index (χ0) is 24.1. The van der Waals surface area contributed by atoms with E-state index in [1.807, 2.05) is 67.8 Å². The third kappa shape index (κ3) is 3.45. The van der Waals surface area contributed by atoms with Gasteiger partial charge in [0, 0.05) is 46.4 Å². The van der Waals surface area contributed by atoms with Gasteiger partial charge >= 0.3 is 5.69 Å². The SMILES string of the molecule is Cn1ccc(-c2cccc(Cl)c2-c2ccc3c(=O)n(-c4cncc5ccccc45)c(=O)[nH]c3c2)n1. The maximum Gasteiger partial charge on any atom is 0.333 e. The van der Waals surface area contributed by atoms with Gasteiger partial charge in [0.1, 0.15) is 0 Å². The van der Waals surface area contributed by atoms with E-state index in [-0.39, 0.29) is 0 Å². The fourth-order valence-corrected chi connectivity index (χ4v) is 4.74. The zero-order valence-corrected chi connectivity index (χ0v) is 19.3. The van der Waals surface area contributed by atoms with Crippen molar-refractivity contribution in [1.82, 2.24) is 24.3 Å². The van der Waals surface area contributed by atoms with Crippen LogP contribution in [0.1, 0.15) is 0 Å². The van der Waals surface area contributed by atoms with Gasteiger partial charge in [-0.05, 0) is 29.8 Å². The average Bonchev–Trinajstić information content (AvgIpc) is 3.30. The van der Waals surface area contributed by atoms with Gasteiger partial charge in [0.05, 0.1) is 28.5 Å².